The topological polar surface area (TPSA) is 52.9 Å². The Morgan fingerprint density at radius 2 is 2.20 bits per heavy atom. The number of hydrogen-bond donors (Lipinski definition) is 2. The van der Waals surface area contributed by atoms with E-state index in [2.05, 4.69) is 17.9 Å². The van der Waals surface area contributed by atoms with E-state index >= 15 is 0 Å². The molecule has 1 heterocycles. The van der Waals surface area contributed by atoms with Crippen LogP contribution in [0, 0.1) is 0 Å². The van der Waals surface area contributed by atoms with Crippen LogP contribution in [0.5, 0.6) is 5.75 Å². The van der Waals surface area contributed by atoms with Crippen molar-refractivity contribution in [3.63, 3.8) is 0 Å². The summed E-state index contributed by atoms with van der Waals surface area (Å²) in [6.07, 6.45) is 2.74. The molecule has 0 amide bonds. The van der Waals surface area contributed by atoms with Crippen molar-refractivity contribution in [3.05, 3.63) is 29.3 Å². The Morgan fingerprint density at radius 1 is 1.35 bits per heavy atom. The average Bonchev–Trinajstić information content (AvgIpc) is 2.46. The lowest BCUT2D eigenvalue weighted by Crippen LogP contribution is -2.58. The zero-order chi connectivity index (χ0) is 14.1. The number of aliphatic hydroxyl groups is 1. The highest BCUT2D eigenvalue weighted by Gasteiger charge is 2.40. The van der Waals surface area contributed by atoms with E-state index in [0.717, 1.165) is 37.9 Å². The molecule has 0 radical (unpaired) electrons. The van der Waals surface area contributed by atoms with Crippen molar-refractivity contribution < 1.29 is 14.9 Å². The van der Waals surface area contributed by atoms with E-state index in [4.69, 9.17) is 4.74 Å². The molecular formula is C16H23NO3. The van der Waals surface area contributed by atoms with Gasteiger partial charge >= 0.3 is 0 Å². The van der Waals surface area contributed by atoms with Gasteiger partial charge in [0.15, 0.2) is 0 Å². The van der Waals surface area contributed by atoms with Crippen molar-refractivity contribution >= 4 is 0 Å². The Balaban J connectivity index is 1.88. The number of nitrogens with zero attached hydrogens (tertiary/aromatic N) is 1. The van der Waals surface area contributed by atoms with E-state index in [1.807, 2.05) is 6.07 Å². The standard InChI is InChI=1S/C16H23NO3/c1-2-6-17-9-12(10-18)20-16-8-13-11(7-14(16)17)4-3-5-15(13)19/h3-5,12,14,16,18-19H,2,6-10H2,1H3/t12-,14+,16?/m1/s1. The molecule has 1 aliphatic carbocycles. The molecule has 4 heteroatoms. The fourth-order valence-electron chi connectivity index (χ4n) is 3.58. The second-order valence-corrected chi connectivity index (χ2v) is 5.86. The van der Waals surface area contributed by atoms with Gasteiger partial charge in [-0.25, -0.2) is 0 Å². The maximum atomic E-state index is 10.0. The molecule has 1 aliphatic heterocycles. The molecule has 2 N–H and O–H groups in total. The van der Waals surface area contributed by atoms with Gasteiger partial charge in [-0.2, -0.15) is 0 Å². The zero-order valence-electron chi connectivity index (χ0n) is 12.0. The smallest absolute Gasteiger partial charge is 0.119 e. The fourth-order valence-corrected chi connectivity index (χ4v) is 3.58. The fraction of sp³-hybridized carbons (Fsp3) is 0.625. The SMILES string of the molecule is CCCN1C[C@H](CO)OC2Cc3c(O)cccc3C[C@@H]21. The summed E-state index contributed by atoms with van der Waals surface area (Å²) in [5.41, 5.74) is 2.25. The van der Waals surface area contributed by atoms with Crippen molar-refractivity contribution in [2.45, 2.75) is 44.4 Å². The van der Waals surface area contributed by atoms with Gasteiger partial charge in [-0.1, -0.05) is 19.1 Å². The summed E-state index contributed by atoms with van der Waals surface area (Å²) in [6, 6.07) is 6.13. The normalized spacial score (nSPS) is 29.8. The zero-order valence-corrected chi connectivity index (χ0v) is 12.0. The average molecular weight is 277 g/mol. The predicted octanol–water partition coefficient (Wildman–Crippen LogP) is 1.33. The Labute approximate surface area is 120 Å². The van der Waals surface area contributed by atoms with Gasteiger partial charge in [-0.15, -0.1) is 0 Å². The van der Waals surface area contributed by atoms with Gasteiger partial charge in [-0.3, -0.25) is 4.90 Å². The molecule has 0 bridgehead atoms. The molecule has 0 spiro atoms. The molecule has 0 aromatic heterocycles. The number of morpholine rings is 1. The quantitative estimate of drug-likeness (QED) is 0.875. The van der Waals surface area contributed by atoms with Crippen molar-refractivity contribution in [1.29, 1.82) is 0 Å². The third kappa shape index (κ3) is 2.43. The molecule has 3 atom stereocenters. The van der Waals surface area contributed by atoms with Gasteiger partial charge in [0.25, 0.3) is 0 Å². The Morgan fingerprint density at radius 3 is 2.95 bits per heavy atom. The maximum Gasteiger partial charge on any atom is 0.119 e. The summed E-state index contributed by atoms with van der Waals surface area (Å²) < 4.78 is 6.03. The van der Waals surface area contributed by atoms with Crippen LogP contribution in [0.1, 0.15) is 24.5 Å². The van der Waals surface area contributed by atoms with Gasteiger partial charge in [0.1, 0.15) is 5.75 Å². The summed E-state index contributed by atoms with van der Waals surface area (Å²) in [7, 11) is 0. The maximum absolute atomic E-state index is 10.0. The lowest BCUT2D eigenvalue weighted by molar-refractivity contribution is -0.135. The van der Waals surface area contributed by atoms with Crippen LogP contribution in [-0.2, 0) is 17.6 Å². The third-order valence-corrected chi connectivity index (χ3v) is 4.50. The van der Waals surface area contributed by atoms with Crippen LogP contribution in [0.15, 0.2) is 18.2 Å². The van der Waals surface area contributed by atoms with Crippen molar-refractivity contribution in [3.8, 4) is 5.75 Å². The molecule has 4 nitrogen and oxygen atoms in total. The van der Waals surface area contributed by atoms with Crippen LogP contribution >= 0.6 is 0 Å². The summed E-state index contributed by atoms with van der Waals surface area (Å²) >= 11 is 0. The predicted molar refractivity (Wildman–Crippen MR) is 76.9 cm³/mol. The lowest BCUT2D eigenvalue weighted by Gasteiger charge is -2.47. The van der Waals surface area contributed by atoms with Crippen LogP contribution < -0.4 is 0 Å². The van der Waals surface area contributed by atoms with Gasteiger partial charge in [0.2, 0.25) is 0 Å². The molecule has 1 fully saturated rings. The third-order valence-electron chi connectivity index (χ3n) is 4.50. The molecule has 20 heavy (non-hydrogen) atoms. The molecule has 1 saturated heterocycles. The minimum Gasteiger partial charge on any atom is -0.508 e. The van der Waals surface area contributed by atoms with Crippen LogP contribution in [0.4, 0.5) is 0 Å². The monoisotopic (exact) mass is 277 g/mol. The minimum atomic E-state index is -0.102. The number of phenolic OH excluding ortho intramolecular Hbond substituents is 1. The minimum absolute atomic E-state index is 0.0665. The van der Waals surface area contributed by atoms with Gasteiger partial charge < -0.3 is 14.9 Å². The first-order chi connectivity index (χ1) is 9.72. The molecule has 1 unspecified atom stereocenters. The van der Waals surface area contributed by atoms with E-state index in [1.165, 1.54) is 5.56 Å². The molecule has 2 aliphatic rings. The molecule has 3 rings (SSSR count). The molecule has 0 saturated carbocycles. The first-order valence-corrected chi connectivity index (χ1v) is 7.53. The summed E-state index contributed by atoms with van der Waals surface area (Å²) in [5, 5.41) is 19.4. The second-order valence-electron chi connectivity index (χ2n) is 5.86. The largest absolute Gasteiger partial charge is 0.508 e. The molecule has 110 valence electrons. The highest BCUT2D eigenvalue weighted by Crippen LogP contribution is 2.34. The Bertz CT molecular complexity index is 477. The van der Waals surface area contributed by atoms with Crippen LogP contribution in [-0.4, -0.2) is 53.1 Å². The molecular weight excluding hydrogens is 254 g/mol. The van der Waals surface area contributed by atoms with Gasteiger partial charge in [0.05, 0.1) is 18.8 Å². The second kappa shape index (κ2) is 5.72. The van der Waals surface area contributed by atoms with E-state index in [9.17, 15) is 10.2 Å². The number of fused-ring (bicyclic) bond motifs is 2. The van der Waals surface area contributed by atoms with Crippen molar-refractivity contribution in [2.75, 3.05) is 19.7 Å². The van der Waals surface area contributed by atoms with Crippen molar-refractivity contribution in [1.82, 2.24) is 4.90 Å². The highest BCUT2D eigenvalue weighted by atomic mass is 16.5. The Hall–Kier alpha value is -1.10. The molecule has 1 aromatic carbocycles. The number of aromatic hydroxyl groups is 1. The first kappa shape index (κ1) is 13.9. The van der Waals surface area contributed by atoms with Crippen LogP contribution in [0.2, 0.25) is 0 Å². The highest BCUT2D eigenvalue weighted by molar-refractivity contribution is 5.42. The number of benzene rings is 1. The van der Waals surface area contributed by atoms with Gasteiger partial charge in [0, 0.05) is 19.0 Å². The van der Waals surface area contributed by atoms with Gasteiger partial charge in [-0.05, 0) is 36.6 Å². The summed E-state index contributed by atoms with van der Waals surface area (Å²) in [5.74, 6) is 0.373. The number of ether oxygens (including phenoxy) is 1. The van der Waals surface area contributed by atoms with Crippen LogP contribution in [0.3, 0.4) is 0 Å². The first-order valence-electron chi connectivity index (χ1n) is 7.53. The summed E-state index contributed by atoms with van der Waals surface area (Å²) in [6.45, 7) is 4.09. The lowest BCUT2D eigenvalue weighted by atomic mass is 9.83. The number of phenols is 1. The van der Waals surface area contributed by atoms with E-state index in [-0.39, 0.29) is 18.8 Å². The number of hydrogen-bond acceptors (Lipinski definition) is 4. The summed E-state index contributed by atoms with van der Waals surface area (Å²) in [4.78, 5) is 2.45. The van der Waals surface area contributed by atoms with Crippen molar-refractivity contribution in [2.24, 2.45) is 0 Å². The van der Waals surface area contributed by atoms with E-state index in [1.54, 1.807) is 6.07 Å². The number of rotatable bonds is 3. The van der Waals surface area contributed by atoms with E-state index in [0.29, 0.717) is 11.8 Å². The Kier molecular flexibility index (Phi) is 3.96. The molecule has 1 aromatic rings. The van der Waals surface area contributed by atoms with E-state index < -0.39 is 0 Å². The van der Waals surface area contributed by atoms with Crippen LogP contribution in [0.25, 0.3) is 0 Å². The number of aliphatic hydroxyl groups excluding tert-OH is 1.